The summed E-state index contributed by atoms with van der Waals surface area (Å²) in [5.41, 5.74) is 6.90. The number of carbonyl (C=O) groups is 1. The van der Waals surface area contributed by atoms with Gasteiger partial charge in [0.2, 0.25) is 0 Å². The van der Waals surface area contributed by atoms with Crippen molar-refractivity contribution < 1.29 is 9.18 Å². The van der Waals surface area contributed by atoms with Crippen molar-refractivity contribution in [2.75, 3.05) is 5.43 Å². The maximum absolute atomic E-state index is 13.3. The van der Waals surface area contributed by atoms with Crippen LogP contribution in [0.4, 0.5) is 4.39 Å². The number of carbonyl (C=O) groups excluding carboxylic acids is 1. The van der Waals surface area contributed by atoms with Crippen LogP contribution in [0.5, 0.6) is 0 Å². The highest BCUT2D eigenvalue weighted by atomic mass is 32.1. The Kier molecular flexibility index (Phi) is 5.33. The minimum Gasteiger partial charge on any atom is -0.267 e. The molecule has 0 aliphatic heterocycles. The van der Waals surface area contributed by atoms with Crippen LogP contribution in [0.15, 0.2) is 64.8 Å². The molecule has 0 bridgehead atoms. The molecule has 0 aliphatic carbocycles. The smallest absolute Gasteiger partial charge is 0.267 e. The van der Waals surface area contributed by atoms with E-state index in [9.17, 15) is 14.0 Å². The molecule has 0 saturated heterocycles. The molecule has 3 heterocycles. The zero-order valence-corrected chi connectivity index (χ0v) is 19.5. The van der Waals surface area contributed by atoms with Crippen LogP contribution in [0.2, 0.25) is 0 Å². The predicted molar refractivity (Wildman–Crippen MR) is 131 cm³/mol. The molecule has 0 spiro atoms. The fraction of sp³-hybridized carbons (Fsp3) is 0.120. The van der Waals surface area contributed by atoms with E-state index in [0.29, 0.717) is 10.8 Å². The van der Waals surface area contributed by atoms with E-state index in [0.717, 1.165) is 33.2 Å². The van der Waals surface area contributed by atoms with Crippen molar-refractivity contribution in [2.24, 2.45) is 7.05 Å². The number of aromatic nitrogens is 4. The number of hydrogen-bond donors (Lipinski definition) is 1. The van der Waals surface area contributed by atoms with E-state index < -0.39 is 5.91 Å². The summed E-state index contributed by atoms with van der Waals surface area (Å²) in [6.07, 6.45) is 0. The Morgan fingerprint density at radius 2 is 1.76 bits per heavy atom. The first kappa shape index (κ1) is 21.7. The lowest BCUT2D eigenvalue weighted by molar-refractivity contribution is 0.100. The Morgan fingerprint density at radius 3 is 2.50 bits per heavy atom. The lowest BCUT2D eigenvalue weighted by Gasteiger charge is -2.13. The molecular formula is C25H20FN5O2S. The monoisotopic (exact) mass is 473 g/mol. The van der Waals surface area contributed by atoms with Gasteiger partial charge in [-0.3, -0.25) is 19.7 Å². The van der Waals surface area contributed by atoms with Gasteiger partial charge in [0.1, 0.15) is 10.8 Å². The summed E-state index contributed by atoms with van der Waals surface area (Å²) in [5.74, 6) is -0.717. The van der Waals surface area contributed by atoms with E-state index in [1.165, 1.54) is 35.2 Å². The molecular weight excluding hydrogens is 453 g/mol. The van der Waals surface area contributed by atoms with Gasteiger partial charge in [-0.05, 0) is 50.2 Å². The van der Waals surface area contributed by atoms with Crippen molar-refractivity contribution >= 4 is 28.0 Å². The number of nitrogens with zero attached hydrogens (tertiary/aromatic N) is 4. The van der Waals surface area contributed by atoms with Crippen molar-refractivity contribution in [1.82, 2.24) is 19.4 Å². The first-order valence-electron chi connectivity index (χ1n) is 10.5. The van der Waals surface area contributed by atoms with Crippen LogP contribution in [0.1, 0.15) is 21.9 Å². The number of amides is 1. The van der Waals surface area contributed by atoms with Crippen LogP contribution >= 0.6 is 11.3 Å². The standard InChI is InChI=1S/C25H20FN5O2S/c1-14-12-20(21-13-34-24(27-21)16-8-10-17(26)11-9-16)15(2)31(14)29-23(32)22-18-6-4-5-7-19(18)25(33)30(3)28-22/h4-13H,1-3H3,(H,29,32). The van der Waals surface area contributed by atoms with Gasteiger partial charge in [-0.25, -0.2) is 14.1 Å². The molecule has 1 amide bonds. The van der Waals surface area contributed by atoms with Gasteiger partial charge in [0.25, 0.3) is 11.5 Å². The number of hydrogen-bond acceptors (Lipinski definition) is 5. The van der Waals surface area contributed by atoms with E-state index in [1.54, 1.807) is 41.1 Å². The molecule has 0 atom stereocenters. The third-order valence-corrected chi connectivity index (χ3v) is 6.58. The van der Waals surface area contributed by atoms with Crippen molar-refractivity contribution in [2.45, 2.75) is 13.8 Å². The van der Waals surface area contributed by atoms with E-state index in [2.05, 4.69) is 10.5 Å². The molecule has 0 aliphatic rings. The van der Waals surface area contributed by atoms with Gasteiger partial charge in [0, 0.05) is 40.3 Å². The number of thiazole rings is 1. The van der Waals surface area contributed by atoms with Crippen molar-refractivity contribution in [3.05, 3.63) is 93.2 Å². The minimum atomic E-state index is -0.426. The van der Waals surface area contributed by atoms with Crippen LogP contribution in [0.3, 0.4) is 0 Å². The largest absolute Gasteiger partial charge is 0.291 e. The highest BCUT2D eigenvalue weighted by Crippen LogP contribution is 2.32. The lowest BCUT2D eigenvalue weighted by atomic mass is 10.1. The Bertz CT molecular complexity index is 1620. The highest BCUT2D eigenvalue weighted by molar-refractivity contribution is 7.13. The molecule has 0 saturated carbocycles. The molecule has 7 nitrogen and oxygen atoms in total. The van der Waals surface area contributed by atoms with Gasteiger partial charge < -0.3 is 0 Å². The molecule has 34 heavy (non-hydrogen) atoms. The lowest BCUT2D eigenvalue weighted by Crippen LogP contribution is -2.29. The van der Waals surface area contributed by atoms with Gasteiger partial charge in [-0.2, -0.15) is 5.10 Å². The van der Waals surface area contributed by atoms with Crippen LogP contribution < -0.4 is 11.0 Å². The van der Waals surface area contributed by atoms with E-state index in [1.807, 2.05) is 25.3 Å². The molecule has 5 aromatic rings. The zero-order valence-electron chi connectivity index (χ0n) is 18.7. The SMILES string of the molecule is Cc1cc(-c2csc(-c3ccc(F)cc3)n2)c(C)n1NC(=O)c1nn(C)c(=O)c2ccccc12. The summed E-state index contributed by atoms with van der Waals surface area (Å²) in [6, 6.07) is 15.1. The first-order valence-corrected chi connectivity index (χ1v) is 11.4. The zero-order chi connectivity index (χ0) is 24.0. The first-order chi connectivity index (χ1) is 16.3. The Balaban J connectivity index is 1.49. The number of aryl methyl sites for hydroxylation is 2. The maximum atomic E-state index is 13.3. The molecule has 9 heteroatoms. The second-order valence-corrected chi connectivity index (χ2v) is 8.79. The summed E-state index contributed by atoms with van der Waals surface area (Å²) in [4.78, 5) is 30.3. The normalized spacial score (nSPS) is 11.2. The summed E-state index contributed by atoms with van der Waals surface area (Å²) in [5, 5.41) is 7.85. The van der Waals surface area contributed by atoms with Crippen molar-refractivity contribution in [1.29, 1.82) is 0 Å². The summed E-state index contributed by atoms with van der Waals surface area (Å²) < 4.78 is 16.1. The molecule has 3 aromatic heterocycles. The average Bonchev–Trinajstić information content (AvgIpc) is 3.42. The van der Waals surface area contributed by atoms with Gasteiger partial charge in [0.05, 0.1) is 11.1 Å². The molecule has 0 fully saturated rings. The second kappa shape index (κ2) is 8.35. The molecule has 0 unspecified atom stereocenters. The number of rotatable bonds is 4. The van der Waals surface area contributed by atoms with Gasteiger partial charge in [0.15, 0.2) is 5.69 Å². The topological polar surface area (TPSA) is 81.8 Å². The minimum absolute atomic E-state index is 0.166. The summed E-state index contributed by atoms with van der Waals surface area (Å²) in [6.45, 7) is 3.78. The molecule has 170 valence electrons. The van der Waals surface area contributed by atoms with Gasteiger partial charge in [-0.15, -0.1) is 11.3 Å². The fourth-order valence-electron chi connectivity index (χ4n) is 3.94. The Morgan fingerprint density at radius 1 is 1.06 bits per heavy atom. The van der Waals surface area contributed by atoms with Crippen LogP contribution in [0, 0.1) is 19.7 Å². The fourth-order valence-corrected chi connectivity index (χ4v) is 4.76. The van der Waals surface area contributed by atoms with E-state index in [-0.39, 0.29) is 17.1 Å². The Hall–Kier alpha value is -4.11. The molecule has 0 radical (unpaired) electrons. The summed E-state index contributed by atoms with van der Waals surface area (Å²) in [7, 11) is 1.52. The van der Waals surface area contributed by atoms with E-state index in [4.69, 9.17) is 4.98 Å². The third kappa shape index (κ3) is 3.69. The van der Waals surface area contributed by atoms with E-state index >= 15 is 0 Å². The molecule has 2 aromatic carbocycles. The predicted octanol–water partition coefficient (Wildman–Crippen LogP) is 4.67. The van der Waals surface area contributed by atoms with Crippen LogP contribution in [-0.2, 0) is 7.05 Å². The number of nitrogens with one attached hydrogen (secondary N) is 1. The van der Waals surface area contributed by atoms with Gasteiger partial charge in [-0.1, -0.05) is 18.2 Å². The number of halogens is 1. The van der Waals surface area contributed by atoms with Gasteiger partial charge >= 0.3 is 0 Å². The molecule has 1 N–H and O–H groups in total. The highest BCUT2D eigenvalue weighted by Gasteiger charge is 2.19. The van der Waals surface area contributed by atoms with Crippen molar-refractivity contribution in [3.63, 3.8) is 0 Å². The third-order valence-electron chi connectivity index (χ3n) is 5.69. The van der Waals surface area contributed by atoms with Crippen LogP contribution in [-0.4, -0.2) is 25.3 Å². The molecule has 5 rings (SSSR count). The Labute approximate surface area is 198 Å². The maximum Gasteiger partial charge on any atom is 0.291 e. The van der Waals surface area contributed by atoms with Crippen molar-refractivity contribution in [3.8, 4) is 21.8 Å². The second-order valence-electron chi connectivity index (χ2n) is 7.93. The quantitative estimate of drug-likeness (QED) is 0.411. The van der Waals surface area contributed by atoms with Crippen LogP contribution in [0.25, 0.3) is 32.6 Å². The summed E-state index contributed by atoms with van der Waals surface area (Å²) >= 11 is 1.47. The number of benzene rings is 2. The number of fused-ring (bicyclic) bond motifs is 1. The average molecular weight is 474 g/mol.